The van der Waals surface area contributed by atoms with Crippen molar-refractivity contribution in [3.63, 3.8) is 0 Å². The number of carboxylic acid groups (broad SMARTS) is 2. The molecule has 0 spiro atoms. The highest BCUT2D eigenvalue weighted by Crippen LogP contribution is 2.77. The normalized spacial score (nSPS) is 41.6. The van der Waals surface area contributed by atoms with Crippen LogP contribution >= 0.6 is 0 Å². The van der Waals surface area contributed by atoms with Gasteiger partial charge in [0.15, 0.2) is 17.3 Å². The van der Waals surface area contributed by atoms with Crippen LogP contribution in [-0.4, -0.2) is 78.0 Å². The van der Waals surface area contributed by atoms with Crippen LogP contribution in [0.5, 0.6) is 11.5 Å². The van der Waals surface area contributed by atoms with Gasteiger partial charge in [0.05, 0.1) is 24.2 Å². The van der Waals surface area contributed by atoms with E-state index in [0.29, 0.717) is 41.7 Å². The third kappa shape index (κ3) is 8.75. The molecule has 10 rings (SSSR count). The number of aromatic hydroxyl groups is 2. The Morgan fingerprint density at radius 1 is 0.649 bits per heavy atom. The molecule has 0 bridgehead atoms. The van der Waals surface area contributed by atoms with Crippen LogP contribution in [0.2, 0.25) is 0 Å². The summed E-state index contributed by atoms with van der Waals surface area (Å²) in [6.45, 7) is 25.8. The average Bonchev–Trinajstić information content (AvgIpc) is 3.32. The second-order valence-corrected chi connectivity index (χ2v) is 30.8. The molecule has 14 nitrogen and oxygen atoms in total. The summed E-state index contributed by atoms with van der Waals surface area (Å²) in [6, 6.07) is 1.55. The molecule has 6 N–H and O–H groups in total. The molecule has 428 valence electrons. The number of aliphatic hydroxyl groups excluding tert-OH is 1. The van der Waals surface area contributed by atoms with Crippen LogP contribution in [0.3, 0.4) is 0 Å². The van der Waals surface area contributed by atoms with Gasteiger partial charge < -0.3 is 25.5 Å². The highest BCUT2D eigenvalue weighted by molar-refractivity contribution is 7.87. The maximum atomic E-state index is 13.4. The van der Waals surface area contributed by atoms with Crippen molar-refractivity contribution >= 4 is 38.0 Å². The van der Waals surface area contributed by atoms with Gasteiger partial charge in [0.2, 0.25) is 5.78 Å². The van der Waals surface area contributed by atoms with Crippen molar-refractivity contribution in [3.05, 3.63) is 80.7 Å². The summed E-state index contributed by atoms with van der Waals surface area (Å²) < 4.78 is 57.6. The summed E-state index contributed by atoms with van der Waals surface area (Å²) in [5, 5.41) is 50.6. The van der Waals surface area contributed by atoms with Crippen LogP contribution in [-0.2, 0) is 44.2 Å². The number of aliphatic hydroxyl groups is 1. The minimum Gasteiger partial charge on any atom is -0.504 e. The predicted octanol–water partition coefficient (Wildman–Crippen LogP) is 13.0. The number of carboxylic acids is 2. The number of rotatable bonds is 4. The van der Waals surface area contributed by atoms with Crippen LogP contribution in [0.15, 0.2) is 64.0 Å². The fraction of sp³-hybridized carbons (Fsp3) is 0.689. The average molecular weight is 1110 g/mol. The number of phenols is 2. The van der Waals surface area contributed by atoms with Gasteiger partial charge >= 0.3 is 11.9 Å². The number of hydrogen-bond donors (Lipinski definition) is 6. The Balaban J connectivity index is 0.000000205. The van der Waals surface area contributed by atoms with Crippen LogP contribution in [0, 0.1) is 67.5 Å². The molecular weight excluding hydrogens is 1020 g/mol. The second-order valence-electron chi connectivity index (χ2n) is 27.5. The van der Waals surface area contributed by atoms with Crippen LogP contribution in [0.1, 0.15) is 195 Å². The minimum absolute atomic E-state index is 0. The van der Waals surface area contributed by atoms with E-state index in [0.717, 1.165) is 106 Å². The molecule has 1 aromatic rings. The second kappa shape index (κ2) is 18.7. The van der Waals surface area contributed by atoms with Gasteiger partial charge in [0.25, 0.3) is 20.2 Å². The number of aliphatic carboxylic acids is 2. The maximum Gasteiger partial charge on any atom is 0.309 e. The van der Waals surface area contributed by atoms with Crippen molar-refractivity contribution in [2.75, 3.05) is 13.4 Å². The number of hydrogen-bond acceptors (Lipinski definition) is 11. The maximum absolute atomic E-state index is 13.4. The molecule has 0 heterocycles. The highest BCUT2D eigenvalue weighted by atomic mass is 32.2. The number of benzene rings is 1. The SMILES string of the molecule is C.CC1=C(O)C(=O)C=C2C1=CC=C1[C@@]2(C)CC[C@@]2(C)[C@@H]3C[C@](C)(C(=O)O)CC[C@]3(C)CC[C@]12C.COS(=O)(=O)C1C=C2[C@@](C)(CC[C@@]3(C)[C@@H]4C[C@](C)(C(=O)O)CC[C@]4(C)CC[C@]23C)c2cc(O)c(O)c(C)c21.CS(=O)(=O)O. The van der Waals surface area contributed by atoms with Crippen LogP contribution in [0.4, 0.5) is 0 Å². The lowest BCUT2D eigenvalue weighted by Gasteiger charge is -2.70. The monoisotopic (exact) mass is 1110 g/mol. The fourth-order valence-corrected chi connectivity index (χ4v) is 19.0. The molecule has 0 aromatic heterocycles. The molecule has 0 aliphatic heterocycles. The first kappa shape index (κ1) is 60.4. The molecule has 1 unspecified atom stereocenters. The van der Waals surface area contributed by atoms with Gasteiger partial charge in [-0.1, -0.05) is 92.2 Å². The molecule has 0 radical (unpaired) electrons. The fourth-order valence-electron chi connectivity index (χ4n) is 17.9. The van der Waals surface area contributed by atoms with Crippen molar-refractivity contribution in [2.24, 2.45) is 60.6 Å². The van der Waals surface area contributed by atoms with Gasteiger partial charge in [-0.2, -0.15) is 16.8 Å². The summed E-state index contributed by atoms with van der Waals surface area (Å²) in [6.07, 6.45) is 20.8. The summed E-state index contributed by atoms with van der Waals surface area (Å²) in [5.74, 6) is -1.86. The van der Waals surface area contributed by atoms with Crippen molar-refractivity contribution in [3.8, 4) is 11.5 Å². The quantitative estimate of drug-likeness (QED) is 0.0710. The van der Waals surface area contributed by atoms with Gasteiger partial charge in [0.1, 0.15) is 5.25 Å². The van der Waals surface area contributed by atoms with Crippen molar-refractivity contribution in [1.82, 2.24) is 0 Å². The predicted molar refractivity (Wildman–Crippen MR) is 297 cm³/mol. The molecule has 13 atom stereocenters. The zero-order valence-corrected chi connectivity index (χ0v) is 48.9. The highest BCUT2D eigenvalue weighted by Gasteiger charge is 2.69. The third-order valence-corrected chi connectivity index (χ3v) is 25.0. The third-order valence-electron chi connectivity index (χ3n) is 23.5. The van der Waals surface area contributed by atoms with E-state index in [4.69, 9.17) is 8.74 Å². The standard InChI is InChI=1S/C30H42O7S.C29H38O4.CH4O3S.CH4/c1-17-23-18(14-19(31)24(17)32)28(4)11-13-30(6)22-16-27(3,25(33)34)9-8-26(22,2)10-12-29(30,5)21(28)15-20(23)38(35,36)37-7;1-17-18-7-8-21-27(4,19(18)15-20(30)23(17)31)12-14-29(6)22-16-26(3,24(32)33)10-9-25(22,2)11-13-28(21,29)5;1-5(2,3)4;/h14-15,20,22,31-32H,8-13,16H2,1-7H3,(H,33,34);7-8,15,22,31H,9-14,16H2,1-6H3,(H,32,33);1H3,(H,2,3,4);1H4/t20?,22-,26-,27-,28+,29-,30+;22-,25-,26-,27+,28-,29+;;/m11../s1. The molecule has 16 heteroatoms. The smallest absolute Gasteiger partial charge is 0.309 e. The molecule has 0 saturated heterocycles. The Kier molecular flexibility index (Phi) is 14.6. The van der Waals surface area contributed by atoms with E-state index in [1.165, 1.54) is 5.57 Å². The Bertz CT molecular complexity index is 3100. The summed E-state index contributed by atoms with van der Waals surface area (Å²) >= 11 is 0. The number of carbonyl (C=O) groups excluding carboxylic acids is 1. The molecule has 1 aromatic carbocycles. The molecular formula is C61H88O14S2. The minimum atomic E-state index is -4.06. The van der Waals surface area contributed by atoms with Gasteiger partial charge in [0, 0.05) is 16.4 Å². The first-order chi connectivity index (χ1) is 34.6. The van der Waals surface area contributed by atoms with E-state index in [-0.39, 0.29) is 74.3 Å². The van der Waals surface area contributed by atoms with Crippen molar-refractivity contribution < 1.29 is 65.5 Å². The van der Waals surface area contributed by atoms with E-state index < -0.39 is 53.7 Å². The lowest BCUT2D eigenvalue weighted by atomic mass is 9.34. The number of fused-ring (bicyclic) bond motifs is 14. The van der Waals surface area contributed by atoms with Gasteiger partial charge in [-0.25, -0.2) is 0 Å². The molecule has 6 fully saturated rings. The Hall–Kier alpha value is -4.25. The Morgan fingerprint density at radius 2 is 1.09 bits per heavy atom. The Labute approximate surface area is 458 Å². The largest absolute Gasteiger partial charge is 0.504 e. The first-order valence-electron chi connectivity index (χ1n) is 27.2. The van der Waals surface area contributed by atoms with E-state index >= 15 is 0 Å². The Morgan fingerprint density at radius 3 is 1.55 bits per heavy atom. The van der Waals surface area contributed by atoms with E-state index in [2.05, 4.69) is 67.5 Å². The lowest BCUT2D eigenvalue weighted by Crippen LogP contribution is -2.62. The number of phenolic OH excluding ortho intramolecular Hbond substituents is 2. The van der Waals surface area contributed by atoms with Gasteiger partial charge in [-0.05, 0) is 202 Å². The van der Waals surface area contributed by atoms with E-state index in [1.54, 1.807) is 19.1 Å². The molecule has 9 aliphatic rings. The van der Waals surface area contributed by atoms with Crippen molar-refractivity contribution in [1.29, 1.82) is 0 Å². The first-order valence-corrected chi connectivity index (χ1v) is 30.5. The van der Waals surface area contributed by atoms with E-state index in [1.807, 2.05) is 26.8 Å². The van der Waals surface area contributed by atoms with Crippen LogP contribution < -0.4 is 0 Å². The topological polar surface area (TPSA) is 250 Å². The summed E-state index contributed by atoms with van der Waals surface area (Å²) in [5.41, 5.74) is 4.00. The van der Waals surface area contributed by atoms with Gasteiger partial charge in [-0.15, -0.1) is 0 Å². The zero-order valence-electron chi connectivity index (χ0n) is 47.3. The van der Waals surface area contributed by atoms with Crippen molar-refractivity contribution in [2.45, 2.75) is 191 Å². The summed E-state index contributed by atoms with van der Waals surface area (Å²) in [7, 11) is -6.57. The van der Waals surface area contributed by atoms with E-state index in [9.17, 15) is 56.8 Å². The molecule has 77 heavy (non-hydrogen) atoms. The van der Waals surface area contributed by atoms with Crippen LogP contribution in [0.25, 0.3) is 0 Å². The lowest BCUT2D eigenvalue weighted by molar-refractivity contribution is -0.178. The van der Waals surface area contributed by atoms with Gasteiger partial charge in [-0.3, -0.25) is 23.1 Å². The number of allylic oxidation sites excluding steroid dienone is 8. The number of carbonyl (C=O) groups is 3. The molecule has 6 saturated carbocycles. The zero-order chi connectivity index (χ0) is 57.0. The number of ketones is 1. The summed E-state index contributed by atoms with van der Waals surface area (Å²) in [4.78, 5) is 37.2. The molecule has 9 aliphatic carbocycles. The molecule has 0 amide bonds.